The predicted octanol–water partition coefficient (Wildman–Crippen LogP) is 6.75. The number of hydrogen-bond acceptors (Lipinski definition) is 14. The molecule has 5 aromatic rings. The molecule has 2 aliphatic carbocycles. The molecule has 37 heteroatoms. The molecule has 3 aromatic heterocycles. The van der Waals surface area contributed by atoms with E-state index in [1.807, 2.05) is 5.32 Å². The fourth-order valence-corrected chi connectivity index (χ4v) is 10.4. The number of aliphatic carboxylic acids is 1. The molecule has 84 heavy (non-hydrogen) atoms. The fraction of sp³-hybridized carbons (Fsp3) is 0.426. The maximum Gasteiger partial charge on any atom is 0.472 e. The van der Waals surface area contributed by atoms with Crippen LogP contribution >= 0.6 is 19.4 Å². The Morgan fingerprint density at radius 3 is 2.18 bits per heavy atom. The highest BCUT2D eigenvalue weighted by molar-refractivity contribution is 7.93. The minimum absolute atomic E-state index is 0.124. The number of nitrogens with one attached hydrogen (secondary N) is 2. The second-order valence-corrected chi connectivity index (χ2v) is 25.6. The summed E-state index contributed by atoms with van der Waals surface area (Å²) in [5.41, 5.74) is -6.77. The van der Waals surface area contributed by atoms with Crippen LogP contribution in [0.4, 0.5) is 59.3 Å². The van der Waals surface area contributed by atoms with Crippen molar-refractivity contribution in [3.8, 4) is 23.0 Å². The number of amides is 4. The first-order valence-electron chi connectivity index (χ1n) is 24.0. The van der Waals surface area contributed by atoms with Gasteiger partial charge < -0.3 is 35.2 Å². The number of rotatable bonds is 20. The summed E-state index contributed by atoms with van der Waals surface area (Å²) in [5.74, 6) is -8.30. The Labute approximate surface area is 473 Å². The number of ether oxygens (including phenoxy) is 1. The first-order valence-corrected chi connectivity index (χ1v) is 29.6. The molecule has 1 saturated carbocycles. The Kier molecular flexibility index (Phi) is 18.0. The minimum atomic E-state index is -5.29. The number of alkyl halides is 8. The number of nitrogens with zero attached hydrogens (tertiary/aromatic N) is 7. The van der Waals surface area contributed by atoms with E-state index in [4.69, 9.17) is 21.4 Å². The van der Waals surface area contributed by atoms with Gasteiger partial charge >= 0.3 is 38.3 Å². The van der Waals surface area contributed by atoms with Crippen LogP contribution in [-0.2, 0) is 74.9 Å². The Morgan fingerprint density at radius 1 is 0.952 bits per heavy atom. The normalized spacial score (nSPS) is 16.2. The molecular weight excluding hydrogens is 1240 g/mol. The fourth-order valence-electron chi connectivity index (χ4n) is 8.94. The third-order valence-corrected chi connectivity index (χ3v) is 16.6. The number of carbonyl (C=O) groups is 4. The van der Waals surface area contributed by atoms with Crippen molar-refractivity contribution in [1.82, 2.24) is 40.1 Å². The molecule has 456 valence electrons. The van der Waals surface area contributed by atoms with Crippen molar-refractivity contribution in [3.05, 3.63) is 93.0 Å². The van der Waals surface area contributed by atoms with Gasteiger partial charge in [0, 0.05) is 54.6 Å². The zero-order chi connectivity index (χ0) is 62.6. The van der Waals surface area contributed by atoms with Crippen molar-refractivity contribution in [3.63, 3.8) is 0 Å². The lowest BCUT2D eigenvalue weighted by atomic mass is 9.93. The molecule has 5 N–H and O–H groups in total. The molecule has 0 aliphatic heterocycles. The number of carboxylic acids is 1. The Morgan fingerprint density at radius 2 is 1.60 bits per heavy atom. The van der Waals surface area contributed by atoms with Crippen molar-refractivity contribution in [2.75, 3.05) is 43.2 Å². The number of aromatic nitrogens is 5. The van der Waals surface area contributed by atoms with Gasteiger partial charge in [0.2, 0.25) is 22.7 Å². The molecule has 7 rings (SSSR count). The number of hydrogen-bond donors (Lipinski definition) is 5. The van der Waals surface area contributed by atoms with Crippen LogP contribution in [0.5, 0.6) is 0 Å². The van der Waals surface area contributed by atoms with Gasteiger partial charge in [-0.25, -0.2) is 49.3 Å². The molecule has 0 bridgehead atoms. The SMILES string of the molecule is CC(C)(C#Cc1ccc(-c2ccc(Cl)c3c(N(C(=O)N(CCNC(=O)OCOP(=O)(O)O)CCC(=O)O)S(C)(=O)=O)nn(CC(F)(F)F)c23)c([C@H](Cc2cc(F)cc(F)c2)NC(=O)Cn2nc(C(F)(F)F)c3c2C(F)(F)C2C[C@H]32)n1)S(C)(=O)=O. The van der Waals surface area contributed by atoms with Crippen molar-refractivity contribution in [2.24, 2.45) is 5.92 Å². The quantitative estimate of drug-likeness (QED) is 0.0233. The summed E-state index contributed by atoms with van der Waals surface area (Å²) in [6.07, 6.45) is -12.9. The number of fused-ring (bicyclic) bond motifs is 4. The van der Waals surface area contributed by atoms with Crippen LogP contribution in [-0.4, -0.2) is 135 Å². The van der Waals surface area contributed by atoms with E-state index in [0.717, 1.165) is 42.7 Å². The number of sulfonamides is 1. The number of phosphoric ester groups is 1. The molecule has 23 nitrogen and oxygen atoms in total. The van der Waals surface area contributed by atoms with Gasteiger partial charge in [0.25, 0.3) is 5.92 Å². The molecule has 2 aromatic carbocycles. The minimum Gasteiger partial charge on any atom is -0.481 e. The number of carbonyl (C=O) groups excluding carboxylic acids is 3. The summed E-state index contributed by atoms with van der Waals surface area (Å²) < 4.78 is 219. The van der Waals surface area contributed by atoms with Crippen LogP contribution in [0.1, 0.15) is 72.6 Å². The average molecular weight is 1280 g/mol. The standard InChI is InChI=1S/C47H45ClF10N9O14PS2/c1-44(2,83(3,76)77)11-9-26-5-6-27(37(60-26)32(17-23-15-24(49)18-25(50)16-23)61-33(68)20-65-40-35(39(62-65)47(56,57)58)29-19-30(29)46(40,54)55)28-7-8-31(48)36-38(28)66(21-45(51,52)53)63-41(36)67(84(4,78)79)43(72)64(13-10-34(69)70)14-12-59-42(71)80-22-81-82(73,74)75/h5-8,15-16,18,29-30,32H,10,12-14,17,19-22H2,1-4H3,(H,59,71)(H,61,68)(H,69,70)(H2,73,74,75)/t29-,30?,32-/m0/s1. The number of sulfone groups is 1. The number of alkyl carbamates (subject to hydrolysis) is 1. The van der Waals surface area contributed by atoms with Crippen LogP contribution in [0, 0.1) is 29.4 Å². The van der Waals surface area contributed by atoms with E-state index in [1.54, 1.807) is 0 Å². The molecule has 4 amide bonds. The molecular formula is C47H45ClF10N9O14PS2. The average Bonchev–Trinajstić information content (AvgIpc) is 1.53. The van der Waals surface area contributed by atoms with Crippen molar-refractivity contribution in [2.45, 2.75) is 81.2 Å². The van der Waals surface area contributed by atoms with E-state index in [-0.39, 0.29) is 25.7 Å². The van der Waals surface area contributed by atoms with Crippen LogP contribution in [0.3, 0.4) is 0 Å². The monoisotopic (exact) mass is 1280 g/mol. The highest BCUT2D eigenvalue weighted by Crippen LogP contribution is 2.68. The zero-order valence-electron chi connectivity index (χ0n) is 43.5. The second-order valence-electron chi connectivity index (χ2n) is 19.6. The highest BCUT2D eigenvalue weighted by atomic mass is 35.5. The van der Waals surface area contributed by atoms with E-state index in [1.165, 1.54) is 13.8 Å². The Balaban J connectivity index is 1.44. The lowest BCUT2D eigenvalue weighted by molar-refractivity contribution is -0.143. The summed E-state index contributed by atoms with van der Waals surface area (Å²) >= 11 is 6.69. The summed E-state index contributed by atoms with van der Waals surface area (Å²) in [6, 6.07) is 2.37. The number of urea groups is 1. The largest absolute Gasteiger partial charge is 0.481 e. The van der Waals surface area contributed by atoms with E-state index in [9.17, 15) is 80.8 Å². The topological polar surface area (TPSA) is 312 Å². The van der Waals surface area contributed by atoms with Crippen molar-refractivity contribution >= 4 is 80.0 Å². The van der Waals surface area contributed by atoms with Gasteiger partial charge in [-0.2, -0.15) is 49.6 Å². The molecule has 0 radical (unpaired) electrons. The number of anilines is 1. The number of pyridine rings is 1. The van der Waals surface area contributed by atoms with Crippen LogP contribution < -0.4 is 14.9 Å². The Hall–Kier alpha value is -7.09. The first kappa shape index (κ1) is 64.5. The summed E-state index contributed by atoms with van der Waals surface area (Å²) in [6.45, 7) is -4.89. The Bertz CT molecular complexity index is 3810. The van der Waals surface area contributed by atoms with Gasteiger partial charge in [0.05, 0.1) is 40.3 Å². The molecule has 1 fully saturated rings. The van der Waals surface area contributed by atoms with E-state index in [2.05, 4.69) is 41.6 Å². The van der Waals surface area contributed by atoms with Crippen molar-refractivity contribution in [1.29, 1.82) is 0 Å². The lowest BCUT2D eigenvalue weighted by Crippen LogP contribution is -2.49. The van der Waals surface area contributed by atoms with E-state index in [0.29, 0.717) is 17.2 Å². The molecule has 1 unspecified atom stereocenters. The van der Waals surface area contributed by atoms with Gasteiger partial charge in [0.1, 0.15) is 40.9 Å². The molecule has 0 spiro atoms. The third kappa shape index (κ3) is 14.7. The van der Waals surface area contributed by atoms with Crippen LogP contribution in [0.2, 0.25) is 5.02 Å². The summed E-state index contributed by atoms with van der Waals surface area (Å²) in [7, 11) is -14.3. The predicted molar refractivity (Wildman–Crippen MR) is 272 cm³/mol. The van der Waals surface area contributed by atoms with Gasteiger partial charge in [-0.1, -0.05) is 23.6 Å². The molecule has 3 heterocycles. The molecule has 2 aliphatic rings. The van der Waals surface area contributed by atoms with Crippen molar-refractivity contribution < 1.29 is 109 Å². The first-order chi connectivity index (χ1) is 38.6. The number of carboxylic acid groups (broad SMARTS) is 1. The number of halogens is 11. The maximum atomic E-state index is 15.7. The van der Waals surface area contributed by atoms with Gasteiger partial charge in [0.15, 0.2) is 21.3 Å². The summed E-state index contributed by atoms with van der Waals surface area (Å²) in [4.78, 5) is 75.4. The van der Waals surface area contributed by atoms with Gasteiger partial charge in [-0.3, -0.25) is 19.0 Å². The van der Waals surface area contributed by atoms with Crippen LogP contribution in [0.15, 0.2) is 42.5 Å². The lowest BCUT2D eigenvalue weighted by Gasteiger charge is -2.28. The van der Waals surface area contributed by atoms with Gasteiger partial charge in [-0.05, 0) is 74.4 Å². The highest BCUT2D eigenvalue weighted by Gasteiger charge is 2.68. The maximum absolute atomic E-state index is 15.7. The number of benzene rings is 2. The molecule has 3 atom stereocenters. The summed E-state index contributed by atoms with van der Waals surface area (Å²) in [5, 5.41) is 19.7. The van der Waals surface area contributed by atoms with Gasteiger partial charge in [-0.15, -0.1) is 0 Å². The smallest absolute Gasteiger partial charge is 0.472 e. The van der Waals surface area contributed by atoms with E-state index < -0.39 is 218 Å². The molecule has 0 saturated heterocycles. The van der Waals surface area contributed by atoms with Crippen LogP contribution in [0.25, 0.3) is 22.0 Å². The second kappa shape index (κ2) is 23.4. The third-order valence-electron chi connectivity index (χ3n) is 12.9. The number of phosphoric acid groups is 1. The van der Waals surface area contributed by atoms with E-state index >= 15 is 8.78 Å². The zero-order valence-corrected chi connectivity index (χ0v) is 46.8.